The number of morpholine rings is 1. The number of aliphatic hydroxyl groups excluding tert-OH is 1. The quantitative estimate of drug-likeness (QED) is 0.430. The molecule has 0 unspecified atom stereocenters. The van der Waals surface area contributed by atoms with Crippen molar-refractivity contribution in [2.45, 2.75) is 43.0 Å². The summed E-state index contributed by atoms with van der Waals surface area (Å²) in [5.41, 5.74) is 3.63. The lowest BCUT2D eigenvalue weighted by Crippen LogP contribution is -2.44. The molecule has 3 aromatic rings. The molecule has 2 aliphatic heterocycles. The lowest BCUT2D eigenvalue weighted by molar-refractivity contribution is -0.253. The lowest BCUT2D eigenvalue weighted by atomic mass is 9.99. The number of sulfonamides is 1. The third-order valence-electron chi connectivity index (χ3n) is 6.95. The highest BCUT2D eigenvalue weighted by atomic mass is 32.2. The van der Waals surface area contributed by atoms with Crippen LogP contribution in [0.15, 0.2) is 83.8 Å². The molecule has 0 saturated carbocycles. The summed E-state index contributed by atoms with van der Waals surface area (Å²) in [4.78, 5) is 2.61. The normalized spacial score (nSPS) is 22.8. The number of nitrogens with zero attached hydrogens (tertiary/aromatic N) is 1. The molecule has 0 spiro atoms. The fraction of sp³-hybridized carbons (Fsp3) is 0.379. The van der Waals surface area contributed by atoms with Gasteiger partial charge in [-0.3, -0.25) is 4.90 Å². The van der Waals surface area contributed by atoms with Gasteiger partial charge in [0.1, 0.15) is 0 Å². The van der Waals surface area contributed by atoms with Gasteiger partial charge in [-0.25, -0.2) is 13.1 Å². The first-order valence-electron chi connectivity index (χ1n) is 12.9. The van der Waals surface area contributed by atoms with Gasteiger partial charge in [0.25, 0.3) is 0 Å². The molecule has 2 N–H and O–H groups in total. The van der Waals surface area contributed by atoms with E-state index in [0.29, 0.717) is 0 Å². The lowest BCUT2D eigenvalue weighted by Gasteiger charge is -2.39. The Morgan fingerprint density at radius 3 is 2.18 bits per heavy atom. The van der Waals surface area contributed by atoms with Crippen LogP contribution >= 0.6 is 0 Å². The molecule has 3 atom stereocenters. The van der Waals surface area contributed by atoms with Crippen molar-refractivity contribution < 1.29 is 27.7 Å². The number of hydrogen-bond acceptors (Lipinski definition) is 7. The first-order chi connectivity index (χ1) is 18.5. The first-order valence-corrected chi connectivity index (χ1v) is 14.4. The van der Waals surface area contributed by atoms with Crippen LogP contribution in [0, 0.1) is 0 Å². The molecule has 2 aliphatic rings. The van der Waals surface area contributed by atoms with Crippen molar-refractivity contribution in [1.29, 1.82) is 0 Å². The van der Waals surface area contributed by atoms with E-state index < -0.39 is 16.3 Å². The molecule has 9 heteroatoms. The Bertz CT molecular complexity index is 1260. The molecule has 2 heterocycles. The zero-order valence-corrected chi connectivity index (χ0v) is 22.1. The van der Waals surface area contributed by atoms with Crippen LogP contribution in [0.3, 0.4) is 0 Å². The number of nitrogens with one attached hydrogen (secondary N) is 1. The van der Waals surface area contributed by atoms with Crippen molar-refractivity contribution >= 4 is 10.0 Å². The largest absolute Gasteiger partial charge is 0.392 e. The number of aliphatic hydroxyl groups is 1. The van der Waals surface area contributed by atoms with E-state index in [9.17, 15) is 13.5 Å². The van der Waals surface area contributed by atoms with Crippen molar-refractivity contribution in [3.05, 3.63) is 101 Å². The molecular weight excluding hydrogens is 504 g/mol. The molecule has 0 amide bonds. The van der Waals surface area contributed by atoms with E-state index >= 15 is 0 Å². The summed E-state index contributed by atoms with van der Waals surface area (Å²) < 4.78 is 46.1. The van der Waals surface area contributed by atoms with Gasteiger partial charge in [0.2, 0.25) is 10.0 Å². The van der Waals surface area contributed by atoms with E-state index in [2.05, 4.69) is 9.62 Å². The van der Waals surface area contributed by atoms with Gasteiger partial charge in [-0.2, -0.15) is 0 Å². The van der Waals surface area contributed by atoms with E-state index in [1.165, 1.54) is 0 Å². The van der Waals surface area contributed by atoms with Crippen molar-refractivity contribution in [1.82, 2.24) is 9.62 Å². The summed E-state index contributed by atoms with van der Waals surface area (Å²) in [6.45, 7) is 4.22. The molecule has 5 rings (SSSR count). The summed E-state index contributed by atoms with van der Waals surface area (Å²) >= 11 is 0. The maximum Gasteiger partial charge on any atom is 0.240 e. The first kappa shape index (κ1) is 27.0. The maximum absolute atomic E-state index is 12.6. The van der Waals surface area contributed by atoms with Gasteiger partial charge in [-0.1, -0.05) is 66.7 Å². The van der Waals surface area contributed by atoms with E-state index in [4.69, 9.17) is 14.2 Å². The van der Waals surface area contributed by atoms with Crippen molar-refractivity contribution in [3.63, 3.8) is 0 Å². The SMILES string of the molecule is O=S(=O)(NCc1ccc([C@@H]2O[C@H](CN3CCOCC3)C[C@H](c3ccc(CO)cc3)O2)cc1)c1ccccc1. The minimum absolute atomic E-state index is 0.00501. The van der Waals surface area contributed by atoms with E-state index in [1.807, 2.05) is 48.5 Å². The predicted octanol–water partition coefficient (Wildman–Crippen LogP) is 3.54. The van der Waals surface area contributed by atoms with Crippen molar-refractivity contribution in [3.8, 4) is 0 Å². The summed E-state index contributed by atoms with van der Waals surface area (Å²) in [7, 11) is -3.58. The zero-order chi connectivity index (χ0) is 26.4. The second-order valence-corrected chi connectivity index (χ2v) is 11.4. The van der Waals surface area contributed by atoms with Gasteiger partial charge in [-0.15, -0.1) is 0 Å². The Balaban J connectivity index is 1.28. The highest BCUT2D eigenvalue weighted by molar-refractivity contribution is 7.89. The molecule has 2 saturated heterocycles. The Morgan fingerprint density at radius 1 is 0.842 bits per heavy atom. The van der Waals surface area contributed by atoms with Gasteiger partial charge in [0.05, 0.1) is 36.9 Å². The van der Waals surface area contributed by atoms with Gasteiger partial charge < -0.3 is 19.3 Å². The molecule has 0 bridgehead atoms. The summed E-state index contributed by atoms with van der Waals surface area (Å²) in [6.07, 6.45) is 0.00933. The number of ether oxygens (including phenoxy) is 3. The third kappa shape index (κ3) is 6.86. The van der Waals surface area contributed by atoms with Gasteiger partial charge >= 0.3 is 0 Å². The molecule has 3 aromatic carbocycles. The van der Waals surface area contributed by atoms with Crippen LogP contribution in [0.25, 0.3) is 0 Å². The Morgan fingerprint density at radius 2 is 1.50 bits per heavy atom. The topological polar surface area (TPSA) is 97.3 Å². The molecule has 8 nitrogen and oxygen atoms in total. The molecular formula is C29H34N2O6S. The number of rotatable bonds is 9. The Hall–Kier alpha value is -2.63. The smallest absolute Gasteiger partial charge is 0.240 e. The van der Waals surface area contributed by atoms with Crippen LogP contribution < -0.4 is 4.72 Å². The fourth-order valence-corrected chi connectivity index (χ4v) is 5.80. The standard InChI is InChI=1S/C29H34N2O6S/c32-21-23-8-10-24(11-9-23)28-18-26(20-31-14-16-35-17-15-31)36-29(37-28)25-12-6-22(7-13-25)19-30-38(33,34)27-4-2-1-3-5-27/h1-13,26,28-30,32H,14-21H2/t26-,28+,29+/m0/s1. The second kappa shape index (κ2) is 12.5. The average Bonchev–Trinajstić information content (AvgIpc) is 2.97. The van der Waals surface area contributed by atoms with Crippen LogP contribution in [-0.4, -0.2) is 57.4 Å². The van der Waals surface area contributed by atoms with Crippen LogP contribution in [0.1, 0.15) is 41.1 Å². The average molecular weight is 539 g/mol. The second-order valence-electron chi connectivity index (χ2n) is 9.64. The van der Waals surface area contributed by atoms with Crippen LogP contribution in [0.4, 0.5) is 0 Å². The molecule has 0 aliphatic carbocycles. The maximum atomic E-state index is 12.6. The number of benzene rings is 3. The molecule has 38 heavy (non-hydrogen) atoms. The number of hydrogen-bond donors (Lipinski definition) is 2. The fourth-order valence-electron chi connectivity index (χ4n) is 4.76. The van der Waals surface area contributed by atoms with Gasteiger partial charge in [-0.05, 0) is 28.8 Å². The molecule has 202 valence electrons. The van der Waals surface area contributed by atoms with Gasteiger partial charge in [0, 0.05) is 38.2 Å². The van der Waals surface area contributed by atoms with E-state index in [-0.39, 0.29) is 30.3 Å². The van der Waals surface area contributed by atoms with Crippen LogP contribution in [0.5, 0.6) is 0 Å². The van der Waals surface area contributed by atoms with Crippen molar-refractivity contribution in [2.75, 3.05) is 32.8 Å². The summed E-state index contributed by atoms with van der Waals surface area (Å²) in [5.74, 6) is 0. The minimum Gasteiger partial charge on any atom is -0.392 e. The zero-order valence-electron chi connectivity index (χ0n) is 21.2. The van der Waals surface area contributed by atoms with Crippen LogP contribution in [0.2, 0.25) is 0 Å². The molecule has 0 radical (unpaired) electrons. The highest BCUT2D eigenvalue weighted by Crippen LogP contribution is 2.38. The van der Waals surface area contributed by atoms with Crippen LogP contribution in [-0.2, 0) is 37.4 Å². The molecule has 2 fully saturated rings. The Labute approximate surface area is 224 Å². The monoisotopic (exact) mass is 538 g/mol. The van der Waals surface area contributed by atoms with Crippen molar-refractivity contribution in [2.24, 2.45) is 0 Å². The Kier molecular flexibility index (Phi) is 8.86. The predicted molar refractivity (Wildman–Crippen MR) is 143 cm³/mol. The highest BCUT2D eigenvalue weighted by Gasteiger charge is 2.33. The third-order valence-corrected chi connectivity index (χ3v) is 8.37. The van der Waals surface area contributed by atoms with E-state index in [1.54, 1.807) is 30.3 Å². The summed E-state index contributed by atoms with van der Waals surface area (Å²) in [6, 6.07) is 23.8. The van der Waals surface area contributed by atoms with Gasteiger partial charge in [0.15, 0.2) is 6.29 Å². The molecule has 0 aromatic heterocycles. The minimum atomic E-state index is -3.58. The van der Waals surface area contributed by atoms with E-state index in [0.717, 1.165) is 61.5 Å². The summed E-state index contributed by atoms with van der Waals surface area (Å²) in [5, 5.41) is 9.41.